The van der Waals surface area contributed by atoms with Crippen LogP contribution in [0.3, 0.4) is 0 Å². The summed E-state index contributed by atoms with van der Waals surface area (Å²) in [5, 5.41) is 13.8. The molecule has 25 nitrogen and oxygen atoms in total. The van der Waals surface area contributed by atoms with Crippen molar-refractivity contribution in [2.75, 3.05) is 90.6 Å². The molecule has 4 amide bonds. The Hall–Kier alpha value is -9.72. The van der Waals surface area contributed by atoms with Crippen LogP contribution in [0, 0.1) is 5.92 Å². The molecule has 9 aromatic rings. The summed E-state index contributed by atoms with van der Waals surface area (Å²) in [5.74, 6) is 3.95. The number of Topliss-reactive ketones (excluding diaryl/α,β-unsaturated/α-hetero) is 1. The Morgan fingerprint density at radius 3 is 1.63 bits per heavy atom. The fraction of sp³-hybridized carbons (Fsp3) is 0.494. The van der Waals surface area contributed by atoms with Crippen LogP contribution in [0.25, 0.3) is 33.1 Å². The van der Waals surface area contributed by atoms with Gasteiger partial charge in [0.2, 0.25) is 11.8 Å². The van der Waals surface area contributed by atoms with Crippen molar-refractivity contribution < 1.29 is 52.8 Å². The van der Waals surface area contributed by atoms with E-state index in [4.69, 9.17) is 38.6 Å². The lowest BCUT2D eigenvalue weighted by Crippen LogP contribution is -2.42. The minimum Gasteiger partial charge on any atom is -0.481 e. The van der Waals surface area contributed by atoms with Crippen molar-refractivity contribution in [3.05, 3.63) is 149 Å². The second-order valence-corrected chi connectivity index (χ2v) is 28.5. The summed E-state index contributed by atoms with van der Waals surface area (Å²) in [6.07, 6.45) is 17.3. The van der Waals surface area contributed by atoms with Crippen LogP contribution in [-0.4, -0.2) is 188 Å². The van der Waals surface area contributed by atoms with E-state index in [0.29, 0.717) is 38.5 Å². The highest BCUT2D eigenvalue weighted by atomic mass is 16.6. The predicted molar refractivity (Wildman–Crippen MR) is 399 cm³/mol. The maximum absolute atomic E-state index is 12.6. The first kappa shape index (κ1) is 74.0. The van der Waals surface area contributed by atoms with Crippen molar-refractivity contribution in [1.29, 1.82) is 0 Å². The molecule has 7 atom stereocenters. The third-order valence-electron chi connectivity index (χ3n) is 21.6. The second kappa shape index (κ2) is 32.9. The number of aliphatic hydroxyl groups is 1. The summed E-state index contributed by atoms with van der Waals surface area (Å²) in [5.41, 5.74) is 14.2. The zero-order valence-electron chi connectivity index (χ0n) is 62.0. The average Bonchev–Trinajstić information content (AvgIpc) is 1.50. The minimum atomic E-state index is -0.344. The third-order valence-corrected chi connectivity index (χ3v) is 21.6. The Morgan fingerprint density at radius 1 is 0.596 bits per heavy atom. The first-order valence-corrected chi connectivity index (χ1v) is 36.6. The lowest BCUT2D eigenvalue weighted by Gasteiger charge is -2.34. The normalized spacial score (nSPS) is 20.0. The Labute approximate surface area is 608 Å². The van der Waals surface area contributed by atoms with E-state index in [9.17, 15) is 29.1 Å². The molecule has 5 aliphatic rings. The van der Waals surface area contributed by atoms with Crippen LogP contribution in [0.2, 0.25) is 0 Å². The topological polar surface area (TPSA) is 252 Å². The van der Waals surface area contributed by atoms with Gasteiger partial charge in [-0.3, -0.25) is 33.9 Å². The van der Waals surface area contributed by atoms with Gasteiger partial charge in [0.05, 0.1) is 111 Å². The number of ketones is 1. The number of benzene rings is 4. The van der Waals surface area contributed by atoms with E-state index in [0.717, 1.165) is 186 Å². The van der Waals surface area contributed by atoms with Gasteiger partial charge in [-0.2, -0.15) is 5.10 Å². The third kappa shape index (κ3) is 15.7. The quantitative estimate of drug-likeness (QED) is 0.0832. The molecular weight excluding hydrogens is 1320 g/mol. The van der Waals surface area contributed by atoms with E-state index in [-0.39, 0.29) is 78.8 Å². The van der Waals surface area contributed by atoms with Gasteiger partial charge in [-0.05, 0) is 159 Å². The van der Waals surface area contributed by atoms with Crippen LogP contribution in [0.15, 0.2) is 104 Å². The predicted octanol–water partition coefficient (Wildman–Crippen LogP) is 11.9. The number of imidazole rings is 3. The summed E-state index contributed by atoms with van der Waals surface area (Å²) in [7, 11) is 11.4. The number of nitrogens with zero attached hydrogens (tertiary/aromatic N) is 14. The van der Waals surface area contributed by atoms with Gasteiger partial charge in [-0.15, -0.1) is 0 Å². The van der Waals surface area contributed by atoms with E-state index in [1.807, 2.05) is 78.4 Å². The van der Waals surface area contributed by atoms with Crippen LogP contribution in [0.5, 0.6) is 5.88 Å². The van der Waals surface area contributed by atoms with Crippen molar-refractivity contribution in [2.24, 2.45) is 5.92 Å². The number of aliphatic hydroxyl groups excluding tert-OH is 1. The monoisotopic (exact) mass is 1420 g/mol. The summed E-state index contributed by atoms with van der Waals surface area (Å²) in [6.45, 7) is 11.0. The molecule has 552 valence electrons. The summed E-state index contributed by atoms with van der Waals surface area (Å²) >= 11 is 0. The fourth-order valence-electron chi connectivity index (χ4n) is 15.9. The number of hydrogen-bond donors (Lipinski definition) is 1. The Bertz CT molecular complexity index is 4500. The number of fused-ring (bicyclic) bond motifs is 9. The largest absolute Gasteiger partial charge is 0.481 e. The van der Waals surface area contributed by atoms with Gasteiger partial charge in [0.1, 0.15) is 23.3 Å². The highest BCUT2D eigenvalue weighted by Gasteiger charge is 2.37. The summed E-state index contributed by atoms with van der Waals surface area (Å²) < 4.78 is 35.2. The molecule has 0 radical (unpaired) electrons. The van der Waals surface area contributed by atoms with E-state index in [1.165, 1.54) is 26.9 Å². The molecule has 2 fully saturated rings. The molecule has 0 spiro atoms. The molecule has 9 heterocycles. The van der Waals surface area contributed by atoms with Gasteiger partial charge in [-0.1, -0.05) is 42.8 Å². The van der Waals surface area contributed by atoms with Crippen LogP contribution in [0.1, 0.15) is 143 Å². The molecule has 25 heteroatoms. The van der Waals surface area contributed by atoms with Crippen molar-refractivity contribution in [3.63, 3.8) is 0 Å². The SMILES string of the molecule is COC(=O)N1c2ccc3c(nc(CCn4cccn4)n3CCN(C)CC(=O)N(C)C)c2CC[C@@H]1C.COC(=O)N1c2ccc3c(nc(Cc4ccc(OC)nc4)n3[C@@H]3CCC[C@@H](C(C)=O)C3)c2CC[C@@H]1C.COC(=O)N1c2ccc3c(nc(Cc4ccccc4)n3[C@@H]3CC[C@@H](CO)OC3)c2CC[C@@H]1C. The molecule has 1 aliphatic carbocycles. The van der Waals surface area contributed by atoms with Crippen LogP contribution < -0.4 is 19.4 Å². The number of amides is 4. The van der Waals surface area contributed by atoms with Gasteiger partial charge in [0.15, 0.2) is 0 Å². The lowest BCUT2D eigenvalue weighted by atomic mass is 9.83. The zero-order chi connectivity index (χ0) is 73.5. The van der Waals surface area contributed by atoms with Crippen LogP contribution in [0.4, 0.5) is 31.4 Å². The van der Waals surface area contributed by atoms with Crippen molar-refractivity contribution in [1.82, 2.24) is 53.2 Å². The number of ether oxygens (including phenoxy) is 5. The number of aromatic nitrogens is 9. The minimum absolute atomic E-state index is 0.0589. The Kier molecular flexibility index (Phi) is 23.4. The molecule has 1 N–H and O–H groups in total. The molecule has 4 aliphatic heterocycles. The fourth-order valence-corrected chi connectivity index (χ4v) is 15.9. The first-order valence-electron chi connectivity index (χ1n) is 36.6. The molecule has 1 saturated heterocycles. The summed E-state index contributed by atoms with van der Waals surface area (Å²) in [4.78, 5) is 90.8. The highest BCUT2D eigenvalue weighted by Crippen LogP contribution is 2.43. The smallest absolute Gasteiger partial charge is 0.414 e. The highest BCUT2D eigenvalue weighted by molar-refractivity contribution is 5.98. The number of pyridine rings is 1. The maximum atomic E-state index is 12.6. The number of methoxy groups -OCH3 is 4. The number of carbonyl (C=O) groups excluding carboxylic acids is 5. The van der Waals surface area contributed by atoms with E-state index in [2.05, 4.69) is 80.1 Å². The molecule has 14 rings (SSSR count). The first-order chi connectivity index (χ1) is 50.3. The number of rotatable bonds is 17. The standard InChI is InChI=1S/C28H34N4O4.C26H31N3O4.C25H35N7O3/c1-17-8-10-22-23(31(17)28(34)36-4)11-12-24-27(22)30-25(14-19-9-13-26(35-3)29-16-19)32(24)21-7-5-6-20(15-21)18(2)33;1-17-8-11-21-22(28(17)26(31)32-2)12-13-23-25(21)27-24(14-18-6-4-3-5-7-18)29(23)19-9-10-20(15-30)33-16-19;1-18-7-8-19-20(32(18)25(34)35-5)9-10-21-24(19)27-22(11-14-30-13-6-12-26-30)31(21)16-15-29(4)17-23(33)28(2)3/h9,11-13,16-17,20-21H,5-8,10,14-15H2,1-4H3;3-7,12-13,17,19-20,30H,8-11,14-16H2,1-2H3;6,9-10,12-13,18H,7-8,11,14-17H2,1-5H3/t17-,20+,21+;17-,19+,20-;18-/m000/s1. The Balaban J connectivity index is 0.000000147. The van der Waals surface area contributed by atoms with Crippen molar-refractivity contribution >= 4 is 80.1 Å². The number of carbonyl (C=O) groups is 5. The van der Waals surface area contributed by atoms with Gasteiger partial charge in [0, 0.05) is 124 Å². The molecule has 0 unspecified atom stereocenters. The number of likely N-dealkylation sites (N-methyl/N-ethyl adjacent to an activating group) is 2. The number of anilines is 3. The molecule has 1 saturated carbocycles. The van der Waals surface area contributed by atoms with Gasteiger partial charge >= 0.3 is 18.3 Å². The lowest BCUT2D eigenvalue weighted by molar-refractivity contribution is -0.129. The molecule has 0 bridgehead atoms. The van der Waals surface area contributed by atoms with Crippen molar-refractivity contribution in [3.8, 4) is 5.88 Å². The van der Waals surface area contributed by atoms with Gasteiger partial charge in [-0.25, -0.2) is 34.3 Å². The van der Waals surface area contributed by atoms with Crippen LogP contribution >= 0.6 is 0 Å². The second-order valence-electron chi connectivity index (χ2n) is 28.5. The van der Waals surface area contributed by atoms with Gasteiger partial charge < -0.3 is 47.4 Å². The summed E-state index contributed by atoms with van der Waals surface area (Å²) in [6, 6.07) is 29.1. The molecule has 4 aromatic carbocycles. The number of aryl methyl sites for hydroxylation is 5. The maximum Gasteiger partial charge on any atom is 0.414 e. The number of hydrogen-bond acceptors (Lipinski definition) is 17. The van der Waals surface area contributed by atoms with Gasteiger partial charge in [0.25, 0.3) is 0 Å². The van der Waals surface area contributed by atoms with E-state index in [1.54, 1.807) is 53.9 Å². The van der Waals surface area contributed by atoms with Crippen LogP contribution in [-0.2, 0) is 80.2 Å². The molecular formula is C79H100N14O11. The van der Waals surface area contributed by atoms with E-state index < -0.39 is 0 Å². The average molecular weight is 1420 g/mol. The zero-order valence-corrected chi connectivity index (χ0v) is 62.0. The molecule has 5 aromatic heterocycles. The van der Waals surface area contributed by atoms with E-state index >= 15 is 0 Å². The Morgan fingerprint density at radius 2 is 1.14 bits per heavy atom. The van der Waals surface area contributed by atoms with Crippen molar-refractivity contribution in [2.45, 2.75) is 173 Å². The molecule has 104 heavy (non-hydrogen) atoms.